The molecule has 1 N–H and O–H groups in total. The van der Waals surface area contributed by atoms with Gasteiger partial charge in [-0.05, 0) is 47.4 Å². The van der Waals surface area contributed by atoms with E-state index in [0.29, 0.717) is 30.0 Å². The van der Waals surface area contributed by atoms with Gasteiger partial charge in [-0.1, -0.05) is 48.5 Å². The van der Waals surface area contributed by atoms with Crippen molar-refractivity contribution in [1.29, 1.82) is 0 Å². The van der Waals surface area contributed by atoms with Gasteiger partial charge in [0.15, 0.2) is 11.5 Å². The van der Waals surface area contributed by atoms with Gasteiger partial charge < -0.3 is 14.8 Å². The van der Waals surface area contributed by atoms with E-state index >= 15 is 0 Å². The van der Waals surface area contributed by atoms with Crippen LogP contribution >= 0.6 is 0 Å². The van der Waals surface area contributed by atoms with Crippen molar-refractivity contribution >= 4 is 5.91 Å². The lowest BCUT2D eigenvalue weighted by molar-refractivity contribution is 0.0954. The van der Waals surface area contributed by atoms with E-state index in [1.807, 2.05) is 72.8 Å². The highest BCUT2D eigenvalue weighted by molar-refractivity contribution is 5.95. The lowest BCUT2D eigenvalue weighted by Crippen LogP contribution is -2.25. The fraction of sp³-hybridized carbons (Fsp3) is 0.174. The van der Waals surface area contributed by atoms with Crippen LogP contribution in [0.5, 0.6) is 11.5 Å². The van der Waals surface area contributed by atoms with E-state index in [2.05, 4.69) is 5.32 Å². The van der Waals surface area contributed by atoms with Crippen LogP contribution in [0.15, 0.2) is 72.8 Å². The second kappa shape index (κ2) is 8.90. The van der Waals surface area contributed by atoms with Crippen molar-refractivity contribution in [3.8, 4) is 22.6 Å². The number of methoxy groups -OCH3 is 2. The van der Waals surface area contributed by atoms with E-state index in [1.165, 1.54) is 0 Å². The normalized spacial score (nSPS) is 10.3. The third-order valence-corrected chi connectivity index (χ3v) is 4.38. The molecule has 0 saturated carbocycles. The van der Waals surface area contributed by atoms with E-state index in [0.717, 1.165) is 16.7 Å². The molecule has 0 aliphatic rings. The summed E-state index contributed by atoms with van der Waals surface area (Å²) in [5, 5.41) is 2.98. The fourth-order valence-electron chi connectivity index (χ4n) is 2.93. The summed E-state index contributed by atoms with van der Waals surface area (Å²) in [7, 11) is 3.23. The Morgan fingerprint density at radius 3 is 2.30 bits per heavy atom. The van der Waals surface area contributed by atoms with Crippen molar-refractivity contribution in [2.24, 2.45) is 0 Å². The number of amides is 1. The number of hydrogen-bond acceptors (Lipinski definition) is 3. The molecule has 4 nitrogen and oxygen atoms in total. The van der Waals surface area contributed by atoms with E-state index < -0.39 is 0 Å². The molecule has 0 radical (unpaired) electrons. The molecule has 3 rings (SSSR count). The van der Waals surface area contributed by atoms with Crippen molar-refractivity contribution in [1.82, 2.24) is 5.32 Å². The minimum atomic E-state index is -0.0757. The quantitative estimate of drug-likeness (QED) is 0.681. The number of hydrogen-bond donors (Lipinski definition) is 1. The first-order valence-corrected chi connectivity index (χ1v) is 8.86. The summed E-state index contributed by atoms with van der Waals surface area (Å²) < 4.78 is 10.6. The van der Waals surface area contributed by atoms with Crippen LogP contribution < -0.4 is 14.8 Å². The molecule has 0 fully saturated rings. The van der Waals surface area contributed by atoms with E-state index in [1.54, 1.807) is 14.2 Å². The second-order valence-corrected chi connectivity index (χ2v) is 6.14. The van der Waals surface area contributed by atoms with Crippen LogP contribution in [-0.4, -0.2) is 26.7 Å². The average molecular weight is 361 g/mol. The zero-order chi connectivity index (χ0) is 19.1. The molecule has 0 heterocycles. The molecule has 1 amide bonds. The molecule has 0 spiro atoms. The van der Waals surface area contributed by atoms with Crippen molar-refractivity contribution in [3.63, 3.8) is 0 Å². The molecule has 3 aromatic rings. The Morgan fingerprint density at radius 1 is 0.815 bits per heavy atom. The highest BCUT2D eigenvalue weighted by Crippen LogP contribution is 2.27. The highest BCUT2D eigenvalue weighted by Gasteiger charge is 2.08. The molecular weight excluding hydrogens is 338 g/mol. The molecule has 0 aliphatic carbocycles. The average Bonchev–Trinajstić information content (AvgIpc) is 2.74. The number of carbonyl (C=O) groups excluding carboxylic acids is 1. The fourth-order valence-corrected chi connectivity index (χ4v) is 2.93. The molecule has 0 bridgehead atoms. The van der Waals surface area contributed by atoms with Gasteiger partial charge in [0.2, 0.25) is 0 Å². The zero-order valence-corrected chi connectivity index (χ0v) is 15.6. The Kier molecular flexibility index (Phi) is 6.10. The summed E-state index contributed by atoms with van der Waals surface area (Å²) in [6, 6.07) is 23.5. The van der Waals surface area contributed by atoms with Gasteiger partial charge in [0.1, 0.15) is 0 Å². The van der Waals surface area contributed by atoms with Gasteiger partial charge in [-0.2, -0.15) is 0 Å². The summed E-state index contributed by atoms with van der Waals surface area (Å²) in [6.45, 7) is 0.546. The number of benzene rings is 3. The van der Waals surface area contributed by atoms with Crippen LogP contribution in [0.3, 0.4) is 0 Å². The lowest BCUT2D eigenvalue weighted by Gasteiger charge is -2.10. The Labute approximate surface area is 159 Å². The topological polar surface area (TPSA) is 47.6 Å². The number of ether oxygens (including phenoxy) is 2. The Balaban J connectivity index is 1.62. The maximum Gasteiger partial charge on any atom is 0.251 e. The van der Waals surface area contributed by atoms with E-state index in [-0.39, 0.29) is 5.91 Å². The van der Waals surface area contributed by atoms with Crippen LogP contribution in [0.1, 0.15) is 15.9 Å². The number of carbonyl (C=O) groups is 1. The predicted octanol–water partition coefficient (Wildman–Crippen LogP) is 4.34. The summed E-state index contributed by atoms with van der Waals surface area (Å²) in [4.78, 5) is 12.5. The van der Waals surface area contributed by atoms with Gasteiger partial charge in [-0.25, -0.2) is 0 Å². The largest absolute Gasteiger partial charge is 0.493 e. The van der Waals surface area contributed by atoms with Gasteiger partial charge >= 0.3 is 0 Å². The molecule has 0 unspecified atom stereocenters. The van der Waals surface area contributed by atoms with Gasteiger partial charge in [-0.15, -0.1) is 0 Å². The molecule has 0 aromatic heterocycles. The Morgan fingerprint density at radius 2 is 1.56 bits per heavy atom. The third-order valence-electron chi connectivity index (χ3n) is 4.38. The first-order valence-electron chi connectivity index (χ1n) is 8.86. The highest BCUT2D eigenvalue weighted by atomic mass is 16.5. The Bertz CT molecular complexity index is 907. The molecule has 3 aromatic carbocycles. The summed E-state index contributed by atoms with van der Waals surface area (Å²) >= 11 is 0. The van der Waals surface area contributed by atoms with E-state index in [9.17, 15) is 4.79 Å². The predicted molar refractivity (Wildman–Crippen MR) is 107 cm³/mol. The van der Waals surface area contributed by atoms with Crippen molar-refractivity contribution in [2.75, 3.05) is 20.8 Å². The zero-order valence-electron chi connectivity index (χ0n) is 15.6. The molecule has 0 aliphatic heterocycles. The van der Waals surface area contributed by atoms with Gasteiger partial charge in [0, 0.05) is 12.1 Å². The monoisotopic (exact) mass is 361 g/mol. The number of rotatable bonds is 7. The second-order valence-electron chi connectivity index (χ2n) is 6.14. The smallest absolute Gasteiger partial charge is 0.251 e. The SMILES string of the molecule is COc1ccc(CCNC(=O)c2cccc(-c3ccccc3)c2)cc1OC. The van der Waals surface area contributed by atoms with Gasteiger partial charge in [0.25, 0.3) is 5.91 Å². The summed E-state index contributed by atoms with van der Waals surface area (Å²) in [5.41, 5.74) is 3.86. The minimum Gasteiger partial charge on any atom is -0.493 e. The first-order chi connectivity index (χ1) is 13.2. The maximum atomic E-state index is 12.5. The standard InChI is InChI=1S/C23H23NO3/c1-26-21-12-11-17(15-22(21)27-2)13-14-24-23(25)20-10-6-9-19(16-20)18-7-4-3-5-8-18/h3-12,15-16H,13-14H2,1-2H3,(H,24,25). The molecule has 27 heavy (non-hydrogen) atoms. The maximum absolute atomic E-state index is 12.5. The molecular formula is C23H23NO3. The van der Waals surface area contributed by atoms with E-state index in [4.69, 9.17) is 9.47 Å². The first kappa shape index (κ1) is 18.5. The van der Waals surface area contributed by atoms with Crippen LogP contribution in [-0.2, 0) is 6.42 Å². The summed E-state index contributed by atoms with van der Waals surface area (Å²) in [6.07, 6.45) is 0.713. The molecule has 0 atom stereocenters. The lowest BCUT2D eigenvalue weighted by atomic mass is 10.0. The van der Waals surface area contributed by atoms with Crippen molar-refractivity contribution in [3.05, 3.63) is 83.9 Å². The minimum absolute atomic E-state index is 0.0757. The molecule has 4 heteroatoms. The van der Waals surface area contributed by atoms with Crippen LogP contribution in [0.25, 0.3) is 11.1 Å². The van der Waals surface area contributed by atoms with Crippen LogP contribution in [0.2, 0.25) is 0 Å². The van der Waals surface area contributed by atoms with Crippen LogP contribution in [0.4, 0.5) is 0 Å². The number of nitrogens with one attached hydrogen (secondary N) is 1. The summed E-state index contributed by atoms with van der Waals surface area (Å²) in [5.74, 6) is 1.31. The van der Waals surface area contributed by atoms with Crippen molar-refractivity contribution in [2.45, 2.75) is 6.42 Å². The van der Waals surface area contributed by atoms with Gasteiger partial charge in [0.05, 0.1) is 14.2 Å². The molecule has 0 saturated heterocycles. The third kappa shape index (κ3) is 4.67. The van der Waals surface area contributed by atoms with Crippen molar-refractivity contribution < 1.29 is 14.3 Å². The van der Waals surface area contributed by atoms with Gasteiger partial charge in [-0.3, -0.25) is 4.79 Å². The Hall–Kier alpha value is -3.27. The van der Waals surface area contributed by atoms with Crippen LogP contribution in [0, 0.1) is 0 Å². The molecule has 138 valence electrons.